The first-order chi connectivity index (χ1) is 11.7. The summed E-state index contributed by atoms with van der Waals surface area (Å²) in [5, 5.41) is 2.27. The number of aromatic nitrogens is 1. The quantitative estimate of drug-likeness (QED) is 0.786. The molecule has 0 saturated carbocycles. The first kappa shape index (κ1) is 15.3. The van der Waals surface area contributed by atoms with Crippen molar-refractivity contribution in [2.24, 2.45) is 0 Å². The van der Waals surface area contributed by atoms with E-state index in [0.717, 1.165) is 25.0 Å². The van der Waals surface area contributed by atoms with Crippen LogP contribution in [0.4, 0.5) is 14.5 Å². The predicted octanol–water partition coefficient (Wildman–Crippen LogP) is 4.91. The molecule has 1 aliphatic carbocycles. The van der Waals surface area contributed by atoms with E-state index in [1.54, 1.807) is 10.3 Å². The highest BCUT2D eigenvalue weighted by Crippen LogP contribution is 2.34. The molecule has 1 aromatic heterocycles. The Morgan fingerprint density at radius 3 is 2.42 bits per heavy atom. The van der Waals surface area contributed by atoms with Gasteiger partial charge in [0, 0.05) is 18.7 Å². The zero-order valence-corrected chi connectivity index (χ0v) is 13.8. The van der Waals surface area contributed by atoms with Gasteiger partial charge in [-0.05, 0) is 43.5 Å². The molecule has 1 saturated heterocycles. The highest BCUT2D eigenvalue weighted by molar-refractivity contribution is 7.13. The zero-order valence-electron chi connectivity index (χ0n) is 13.0. The molecule has 1 aliphatic heterocycles. The molecule has 0 radical (unpaired) electrons. The highest BCUT2D eigenvalue weighted by atomic mass is 32.1. The van der Waals surface area contributed by atoms with Crippen molar-refractivity contribution in [2.75, 3.05) is 18.0 Å². The second kappa shape index (κ2) is 6.36. The number of benzene rings is 1. The van der Waals surface area contributed by atoms with Gasteiger partial charge in [0.15, 0.2) is 0 Å². The Bertz CT molecular complexity index is 799. The van der Waals surface area contributed by atoms with Crippen LogP contribution < -0.4 is 9.64 Å². The minimum absolute atomic E-state index is 0.0799. The first-order valence-electron chi connectivity index (χ1n) is 7.97. The fourth-order valence-electron chi connectivity index (χ4n) is 2.91. The van der Waals surface area contributed by atoms with E-state index >= 15 is 0 Å². The molecular formula is C18H16F2N2OS. The van der Waals surface area contributed by atoms with E-state index in [1.165, 1.54) is 23.5 Å². The minimum atomic E-state index is -0.533. The Morgan fingerprint density at radius 2 is 1.79 bits per heavy atom. The summed E-state index contributed by atoms with van der Waals surface area (Å²) in [6.45, 7) is 1.40. The number of rotatable bonds is 4. The molecule has 6 heteroatoms. The molecule has 124 valence electrons. The van der Waals surface area contributed by atoms with E-state index in [1.807, 2.05) is 18.2 Å². The maximum atomic E-state index is 14.5. The van der Waals surface area contributed by atoms with Crippen LogP contribution in [0.2, 0.25) is 0 Å². The molecule has 24 heavy (non-hydrogen) atoms. The third-order valence-electron chi connectivity index (χ3n) is 4.16. The second-order valence-corrected chi connectivity index (χ2v) is 6.72. The van der Waals surface area contributed by atoms with E-state index in [0.29, 0.717) is 29.5 Å². The lowest BCUT2D eigenvalue weighted by Crippen LogP contribution is -2.31. The molecule has 4 rings (SSSR count). The third-order valence-corrected chi connectivity index (χ3v) is 5.03. The van der Waals surface area contributed by atoms with Gasteiger partial charge in [0.2, 0.25) is 5.88 Å². The molecule has 0 atom stereocenters. The van der Waals surface area contributed by atoms with Gasteiger partial charge in [-0.15, -0.1) is 11.3 Å². The van der Waals surface area contributed by atoms with Crippen LogP contribution in [0.25, 0.3) is 10.6 Å². The molecular weight excluding hydrogens is 330 g/mol. The van der Waals surface area contributed by atoms with Crippen LogP contribution in [0.3, 0.4) is 0 Å². The monoisotopic (exact) mass is 346 g/mol. The molecule has 2 aromatic rings. The smallest absolute Gasteiger partial charge is 0.230 e. The average Bonchev–Trinajstić information content (AvgIpc) is 3.00. The van der Waals surface area contributed by atoms with Crippen LogP contribution in [0.1, 0.15) is 19.3 Å². The van der Waals surface area contributed by atoms with Gasteiger partial charge >= 0.3 is 0 Å². The van der Waals surface area contributed by atoms with Crippen molar-refractivity contribution in [3.05, 3.63) is 53.1 Å². The average molecular weight is 346 g/mol. The van der Waals surface area contributed by atoms with Crippen LogP contribution in [0.15, 0.2) is 41.5 Å². The summed E-state index contributed by atoms with van der Waals surface area (Å²) in [5.74, 6) is 0.0968. The van der Waals surface area contributed by atoms with Crippen molar-refractivity contribution >= 4 is 17.0 Å². The van der Waals surface area contributed by atoms with E-state index in [-0.39, 0.29) is 5.69 Å². The SMILES string of the molecule is Fc1cc(-c2nc(OC3=CC=C3)cs2)cc(F)c1N1CCCCC1. The summed E-state index contributed by atoms with van der Waals surface area (Å²) in [6.07, 6.45) is 8.58. The Balaban J connectivity index is 1.59. The number of allylic oxidation sites excluding steroid dienone is 3. The number of anilines is 1. The largest absolute Gasteiger partial charge is 0.438 e. The third kappa shape index (κ3) is 2.94. The molecule has 1 fully saturated rings. The fraction of sp³-hybridized carbons (Fsp3) is 0.278. The summed E-state index contributed by atoms with van der Waals surface area (Å²) in [7, 11) is 0. The number of thiazole rings is 1. The Hall–Kier alpha value is -2.21. The van der Waals surface area contributed by atoms with Crippen molar-refractivity contribution in [3.8, 4) is 16.5 Å². The minimum Gasteiger partial charge on any atom is -0.438 e. The second-order valence-electron chi connectivity index (χ2n) is 5.86. The molecule has 0 N–H and O–H groups in total. The number of ether oxygens (including phenoxy) is 1. The van der Waals surface area contributed by atoms with Crippen molar-refractivity contribution < 1.29 is 13.5 Å². The summed E-state index contributed by atoms with van der Waals surface area (Å²) in [4.78, 5) is 6.10. The molecule has 0 amide bonds. The molecule has 0 spiro atoms. The summed E-state index contributed by atoms with van der Waals surface area (Å²) in [6, 6.07) is 2.72. The number of halogens is 2. The number of nitrogens with zero attached hydrogens (tertiary/aromatic N) is 2. The molecule has 2 aliphatic rings. The molecule has 1 aromatic carbocycles. The topological polar surface area (TPSA) is 25.4 Å². The Labute approximate surface area is 142 Å². The van der Waals surface area contributed by atoms with E-state index in [2.05, 4.69) is 4.98 Å². The summed E-state index contributed by atoms with van der Waals surface area (Å²) < 4.78 is 34.5. The number of hydrogen-bond donors (Lipinski definition) is 0. The molecule has 0 unspecified atom stereocenters. The lowest BCUT2D eigenvalue weighted by atomic mass is 10.1. The lowest BCUT2D eigenvalue weighted by Gasteiger charge is -2.29. The van der Waals surface area contributed by atoms with Gasteiger partial charge in [-0.2, -0.15) is 0 Å². The van der Waals surface area contributed by atoms with E-state index in [4.69, 9.17) is 4.74 Å². The van der Waals surface area contributed by atoms with Crippen LogP contribution in [-0.2, 0) is 0 Å². The maximum Gasteiger partial charge on any atom is 0.230 e. The zero-order chi connectivity index (χ0) is 16.5. The van der Waals surface area contributed by atoms with Crippen LogP contribution in [0, 0.1) is 11.6 Å². The summed E-state index contributed by atoms with van der Waals surface area (Å²) >= 11 is 1.30. The normalized spacial score (nSPS) is 16.8. The van der Waals surface area contributed by atoms with Crippen LogP contribution in [0.5, 0.6) is 5.88 Å². The van der Waals surface area contributed by atoms with Crippen molar-refractivity contribution in [1.82, 2.24) is 4.98 Å². The first-order valence-corrected chi connectivity index (χ1v) is 8.85. The van der Waals surface area contributed by atoms with Crippen LogP contribution >= 0.6 is 11.3 Å². The van der Waals surface area contributed by atoms with Crippen molar-refractivity contribution in [2.45, 2.75) is 19.3 Å². The molecule has 2 heterocycles. The van der Waals surface area contributed by atoms with Gasteiger partial charge in [-0.1, -0.05) is 6.08 Å². The van der Waals surface area contributed by atoms with E-state index < -0.39 is 11.6 Å². The van der Waals surface area contributed by atoms with Gasteiger partial charge < -0.3 is 9.64 Å². The summed E-state index contributed by atoms with van der Waals surface area (Å²) in [5.41, 5.74) is 0.514. The van der Waals surface area contributed by atoms with Gasteiger partial charge in [0.05, 0.1) is 5.38 Å². The highest BCUT2D eigenvalue weighted by Gasteiger charge is 2.21. The van der Waals surface area contributed by atoms with E-state index in [9.17, 15) is 8.78 Å². The van der Waals surface area contributed by atoms with Gasteiger partial charge in [-0.3, -0.25) is 0 Å². The van der Waals surface area contributed by atoms with Crippen LogP contribution in [-0.4, -0.2) is 18.1 Å². The number of hydrogen-bond acceptors (Lipinski definition) is 4. The Kier molecular flexibility index (Phi) is 4.06. The standard InChI is InChI=1S/C18H16F2N2OS/c19-14-9-12(10-15(20)17(14)22-7-2-1-3-8-22)18-21-16(11-24-18)23-13-5-4-6-13/h4-6,9-11H,1-3,7-8H2. The van der Waals surface area contributed by atoms with Crippen molar-refractivity contribution in [1.29, 1.82) is 0 Å². The van der Waals surface area contributed by atoms with Gasteiger partial charge in [0.25, 0.3) is 0 Å². The van der Waals surface area contributed by atoms with Gasteiger partial charge in [0.1, 0.15) is 28.1 Å². The van der Waals surface area contributed by atoms with Gasteiger partial charge in [-0.25, -0.2) is 13.8 Å². The fourth-order valence-corrected chi connectivity index (χ4v) is 3.62. The predicted molar refractivity (Wildman–Crippen MR) is 91.4 cm³/mol. The number of piperidine rings is 1. The lowest BCUT2D eigenvalue weighted by molar-refractivity contribution is 0.425. The molecule has 3 nitrogen and oxygen atoms in total. The van der Waals surface area contributed by atoms with Crippen molar-refractivity contribution in [3.63, 3.8) is 0 Å². The maximum absolute atomic E-state index is 14.5. The molecule has 0 bridgehead atoms. The Morgan fingerprint density at radius 1 is 1.08 bits per heavy atom.